The molecule has 2 bridgehead atoms. The average molecular weight is 236 g/mol. The van der Waals surface area contributed by atoms with E-state index in [1.54, 1.807) is 6.92 Å². The highest BCUT2D eigenvalue weighted by molar-refractivity contribution is 5.87. The predicted molar refractivity (Wildman–Crippen MR) is 58.9 cm³/mol. The van der Waals surface area contributed by atoms with Crippen LogP contribution in [-0.4, -0.2) is 24.1 Å². The lowest BCUT2D eigenvalue weighted by Crippen LogP contribution is -2.39. The van der Waals surface area contributed by atoms with E-state index in [4.69, 9.17) is 9.47 Å². The van der Waals surface area contributed by atoms with Crippen molar-refractivity contribution in [3.8, 4) is 0 Å². The van der Waals surface area contributed by atoms with Gasteiger partial charge in [-0.15, -0.1) is 0 Å². The quantitative estimate of drug-likeness (QED) is 0.538. The number of hydrogen-bond acceptors (Lipinski definition) is 4. The molecule has 0 amide bonds. The van der Waals surface area contributed by atoms with Crippen molar-refractivity contribution >= 4 is 11.9 Å². The van der Waals surface area contributed by atoms with E-state index in [0.717, 1.165) is 12.8 Å². The lowest BCUT2D eigenvalue weighted by molar-refractivity contribution is -0.158. The van der Waals surface area contributed by atoms with Crippen LogP contribution in [0.1, 0.15) is 26.7 Å². The van der Waals surface area contributed by atoms with Crippen LogP contribution in [-0.2, 0) is 19.1 Å². The number of carbonyl (C=O) groups is 2. The zero-order valence-electron chi connectivity index (χ0n) is 10.1. The Hall–Kier alpha value is -1.32. The normalized spacial score (nSPS) is 45.9. The van der Waals surface area contributed by atoms with Gasteiger partial charge in [-0.1, -0.05) is 6.58 Å². The lowest BCUT2D eigenvalue weighted by atomic mass is 9.75. The van der Waals surface area contributed by atoms with Crippen LogP contribution in [0.5, 0.6) is 0 Å². The number of rotatable bonds is 2. The van der Waals surface area contributed by atoms with Gasteiger partial charge in [0.15, 0.2) is 0 Å². The zero-order chi connectivity index (χ0) is 12.4. The van der Waals surface area contributed by atoms with Gasteiger partial charge in [0.25, 0.3) is 0 Å². The molecule has 3 rings (SSSR count). The Labute approximate surface area is 100.0 Å². The zero-order valence-corrected chi connectivity index (χ0v) is 10.1. The molecule has 4 unspecified atom stereocenters. The van der Waals surface area contributed by atoms with Crippen LogP contribution < -0.4 is 0 Å². The van der Waals surface area contributed by atoms with Gasteiger partial charge in [0.2, 0.25) is 0 Å². The number of hydrogen-bond donors (Lipinski definition) is 0. The van der Waals surface area contributed by atoms with Gasteiger partial charge in [0.05, 0.1) is 5.41 Å². The first-order valence-electron chi connectivity index (χ1n) is 6.01. The van der Waals surface area contributed by atoms with Gasteiger partial charge in [0, 0.05) is 17.4 Å². The first kappa shape index (κ1) is 10.8. The van der Waals surface area contributed by atoms with E-state index in [1.807, 2.05) is 6.92 Å². The fourth-order valence-electron chi connectivity index (χ4n) is 3.64. The van der Waals surface area contributed by atoms with Gasteiger partial charge in [-0.3, -0.25) is 4.79 Å². The second kappa shape index (κ2) is 3.12. The molecule has 0 spiro atoms. The summed E-state index contributed by atoms with van der Waals surface area (Å²) in [6.45, 7) is 7.16. The van der Waals surface area contributed by atoms with E-state index in [0.29, 0.717) is 5.57 Å². The molecule has 0 aromatic carbocycles. The van der Waals surface area contributed by atoms with E-state index in [2.05, 4.69) is 6.58 Å². The molecule has 5 atom stereocenters. The molecule has 17 heavy (non-hydrogen) atoms. The van der Waals surface area contributed by atoms with Crippen LogP contribution >= 0.6 is 0 Å². The average Bonchev–Trinajstić information content (AvgIpc) is 2.79. The minimum absolute atomic E-state index is 0.121. The standard InChI is InChI=1S/C13H16O4/c1-6(2)11(14)16-9-7-4-8-10(9)17-12(15)13(8,3)5-7/h7-10H,1,4-5H2,2-3H3/t7-,8?,9?,10?,13?/m0/s1. The second-order valence-corrected chi connectivity index (χ2v) is 5.74. The summed E-state index contributed by atoms with van der Waals surface area (Å²) in [5, 5.41) is 0. The molecule has 0 aromatic rings. The minimum atomic E-state index is -0.382. The largest absolute Gasteiger partial charge is 0.458 e. The van der Waals surface area contributed by atoms with Gasteiger partial charge in [-0.25, -0.2) is 4.79 Å². The maximum atomic E-state index is 11.8. The molecule has 1 saturated heterocycles. The maximum absolute atomic E-state index is 11.8. The summed E-state index contributed by atoms with van der Waals surface area (Å²) >= 11 is 0. The smallest absolute Gasteiger partial charge is 0.333 e. The highest BCUT2D eigenvalue weighted by Gasteiger charge is 2.69. The first-order valence-corrected chi connectivity index (χ1v) is 6.01. The molecular formula is C13H16O4. The predicted octanol–water partition coefficient (Wildman–Crippen LogP) is 1.45. The van der Waals surface area contributed by atoms with Crippen molar-refractivity contribution in [2.45, 2.75) is 38.9 Å². The van der Waals surface area contributed by atoms with Crippen molar-refractivity contribution in [2.24, 2.45) is 17.3 Å². The Balaban J connectivity index is 1.82. The number of ether oxygens (including phenoxy) is 2. The molecule has 0 N–H and O–H groups in total. The Bertz CT molecular complexity index is 427. The van der Waals surface area contributed by atoms with Crippen molar-refractivity contribution < 1.29 is 19.1 Å². The molecule has 0 aromatic heterocycles. The van der Waals surface area contributed by atoms with E-state index in [-0.39, 0.29) is 41.4 Å². The van der Waals surface area contributed by atoms with E-state index in [1.165, 1.54) is 0 Å². The third-order valence-electron chi connectivity index (χ3n) is 4.55. The number of esters is 2. The second-order valence-electron chi connectivity index (χ2n) is 5.74. The summed E-state index contributed by atoms with van der Waals surface area (Å²) in [6.07, 6.45) is 1.22. The first-order chi connectivity index (χ1) is 7.93. The Morgan fingerprint density at radius 3 is 2.94 bits per heavy atom. The molecular weight excluding hydrogens is 220 g/mol. The molecule has 3 aliphatic rings. The molecule has 2 saturated carbocycles. The molecule has 4 heteroatoms. The summed E-state index contributed by atoms with van der Waals surface area (Å²) < 4.78 is 10.8. The van der Waals surface area contributed by atoms with Crippen LogP contribution in [0.3, 0.4) is 0 Å². The Morgan fingerprint density at radius 2 is 2.29 bits per heavy atom. The van der Waals surface area contributed by atoms with Gasteiger partial charge in [-0.05, 0) is 26.7 Å². The molecule has 1 aliphatic heterocycles. The molecule has 0 radical (unpaired) electrons. The van der Waals surface area contributed by atoms with Crippen molar-refractivity contribution in [3.05, 3.63) is 12.2 Å². The summed E-state index contributed by atoms with van der Waals surface area (Å²) in [7, 11) is 0. The highest BCUT2D eigenvalue weighted by Crippen LogP contribution is 2.62. The lowest BCUT2D eigenvalue weighted by Gasteiger charge is -2.29. The monoisotopic (exact) mass is 236 g/mol. The van der Waals surface area contributed by atoms with Crippen LogP contribution in [0.4, 0.5) is 0 Å². The van der Waals surface area contributed by atoms with Crippen LogP contribution in [0.15, 0.2) is 12.2 Å². The minimum Gasteiger partial charge on any atom is -0.458 e. The summed E-state index contributed by atoms with van der Waals surface area (Å²) in [5.41, 5.74) is 0.0569. The highest BCUT2D eigenvalue weighted by atomic mass is 16.6. The van der Waals surface area contributed by atoms with E-state index >= 15 is 0 Å². The van der Waals surface area contributed by atoms with Gasteiger partial charge < -0.3 is 9.47 Å². The maximum Gasteiger partial charge on any atom is 0.333 e. The van der Waals surface area contributed by atoms with Crippen molar-refractivity contribution in [1.29, 1.82) is 0 Å². The third-order valence-corrected chi connectivity index (χ3v) is 4.55. The van der Waals surface area contributed by atoms with E-state index < -0.39 is 0 Å². The molecule has 4 nitrogen and oxygen atoms in total. The SMILES string of the molecule is C=C(C)C(=O)OC1C2OC(=O)C3(C)C[C@@H]1CC23. The fraction of sp³-hybridized carbons (Fsp3) is 0.692. The number of fused-ring (bicyclic) bond motifs is 1. The summed E-state index contributed by atoms with van der Waals surface area (Å²) in [6, 6.07) is 0. The third kappa shape index (κ3) is 1.24. The molecule has 3 fully saturated rings. The van der Waals surface area contributed by atoms with Gasteiger partial charge in [0.1, 0.15) is 12.2 Å². The fourth-order valence-corrected chi connectivity index (χ4v) is 3.64. The van der Waals surface area contributed by atoms with Crippen molar-refractivity contribution in [2.75, 3.05) is 0 Å². The van der Waals surface area contributed by atoms with Crippen molar-refractivity contribution in [1.82, 2.24) is 0 Å². The number of carbonyl (C=O) groups excluding carboxylic acids is 2. The van der Waals surface area contributed by atoms with E-state index in [9.17, 15) is 9.59 Å². The van der Waals surface area contributed by atoms with Gasteiger partial charge in [-0.2, -0.15) is 0 Å². The van der Waals surface area contributed by atoms with Crippen LogP contribution in [0.2, 0.25) is 0 Å². The van der Waals surface area contributed by atoms with Crippen molar-refractivity contribution in [3.63, 3.8) is 0 Å². The Kier molecular flexibility index (Phi) is 1.98. The van der Waals surface area contributed by atoms with Crippen LogP contribution in [0, 0.1) is 17.3 Å². The molecule has 92 valence electrons. The topological polar surface area (TPSA) is 52.6 Å². The van der Waals surface area contributed by atoms with Crippen LogP contribution in [0.25, 0.3) is 0 Å². The molecule has 1 heterocycles. The Morgan fingerprint density at radius 1 is 1.59 bits per heavy atom. The summed E-state index contributed by atoms with van der Waals surface area (Å²) in [4.78, 5) is 23.3. The summed E-state index contributed by atoms with van der Waals surface area (Å²) in [5.74, 6) is -0.0104. The molecule has 2 aliphatic carbocycles. The van der Waals surface area contributed by atoms with Gasteiger partial charge >= 0.3 is 11.9 Å².